The van der Waals surface area contributed by atoms with Gasteiger partial charge in [0, 0.05) is 37.4 Å². The maximum absolute atomic E-state index is 11.9. The molecule has 4 saturated heterocycles. The Bertz CT molecular complexity index is 798. The predicted molar refractivity (Wildman–Crippen MR) is 105 cm³/mol. The number of nitrogens with zero attached hydrogens (tertiary/aromatic N) is 2. The molecule has 7 rings (SSSR count). The minimum absolute atomic E-state index is 0.127. The summed E-state index contributed by atoms with van der Waals surface area (Å²) in [5.74, 6) is 1.18. The van der Waals surface area contributed by atoms with Crippen molar-refractivity contribution in [3.05, 3.63) is 29.8 Å². The Labute approximate surface area is 162 Å². The Morgan fingerprint density at radius 1 is 1.19 bits per heavy atom. The minimum atomic E-state index is -0.271. The van der Waals surface area contributed by atoms with Gasteiger partial charge in [-0.3, -0.25) is 4.48 Å². The first kappa shape index (κ1) is 16.8. The number of hydrogen-bond acceptors (Lipinski definition) is 3. The standard InChI is InChI=1S/C23H33N2O2/c1-4-10-25-17-11-14(13(5-2)22(25)27)19-18(25)12-23(21(19)26)15-8-6-7-9-16(15)24(3)20(17)23/h6-9,13-14,17-22,26-27H,4-5,10-12H2,1-3H3/q+1/t13-,14-,17-,18-,19+,20+,21+,22-,23+,25?/m0/s1. The number of fused-ring (bicyclic) bond motifs is 2. The highest BCUT2D eigenvalue weighted by atomic mass is 16.3. The second kappa shape index (κ2) is 5.08. The zero-order valence-electron chi connectivity index (χ0n) is 16.8. The van der Waals surface area contributed by atoms with Crippen LogP contribution in [0.2, 0.25) is 0 Å². The Balaban J connectivity index is 1.62. The lowest BCUT2D eigenvalue weighted by Crippen LogP contribution is -2.83. The molecule has 0 aromatic heterocycles. The van der Waals surface area contributed by atoms with Crippen molar-refractivity contribution in [2.24, 2.45) is 17.8 Å². The molecule has 2 N–H and O–H groups in total. The number of anilines is 1. The van der Waals surface area contributed by atoms with Gasteiger partial charge >= 0.3 is 0 Å². The van der Waals surface area contributed by atoms with Gasteiger partial charge in [0.25, 0.3) is 0 Å². The molecule has 1 spiro atoms. The molecular formula is C23H33N2O2+. The van der Waals surface area contributed by atoms with Crippen LogP contribution in [0.3, 0.4) is 0 Å². The molecule has 4 nitrogen and oxygen atoms in total. The number of hydrogen-bond donors (Lipinski definition) is 2. The lowest BCUT2D eigenvalue weighted by atomic mass is 9.60. The van der Waals surface area contributed by atoms with Crippen molar-refractivity contribution in [2.75, 3.05) is 18.5 Å². The lowest BCUT2D eigenvalue weighted by Gasteiger charge is -2.68. The van der Waals surface area contributed by atoms with Crippen LogP contribution in [0.15, 0.2) is 24.3 Å². The third-order valence-corrected chi connectivity index (χ3v) is 9.73. The van der Waals surface area contributed by atoms with Gasteiger partial charge in [0.1, 0.15) is 6.04 Å². The monoisotopic (exact) mass is 369 g/mol. The second-order valence-corrected chi connectivity index (χ2v) is 10.1. The molecule has 5 heterocycles. The van der Waals surface area contributed by atoms with Crippen LogP contribution in [-0.2, 0) is 5.41 Å². The van der Waals surface area contributed by atoms with Gasteiger partial charge in [0.15, 0.2) is 6.23 Å². The number of likely N-dealkylation sites (N-methyl/N-ethyl adjacent to an activating group) is 1. The van der Waals surface area contributed by atoms with Gasteiger partial charge in [-0.15, -0.1) is 0 Å². The predicted octanol–water partition coefficient (Wildman–Crippen LogP) is 2.48. The summed E-state index contributed by atoms with van der Waals surface area (Å²) in [5, 5.41) is 23.6. The molecule has 10 atom stereocenters. The largest absolute Gasteiger partial charge is 0.392 e. The molecule has 1 aromatic rings. The van der Waals surface area contributed by atoms with Gasteiger partial charge < -0.3 is 15.1 Å². The Kier molecular flexibility index (Phi) is 3.17. The van der Waals surface area contributed by atoms with Crippen LogP contribution in [0.4, 0.5) is 5.69 Å². The Morgan fingerprint density at radius 3 is 2.70 bits per heavy atom. The fourth-order valence-electron chi connectivity index (χ4n) is 9.23. The molecule has 1 aromatic carbocycles. The smallest absolute Gasteiger partial charge is 0.194 e. The van der Waals surface area contributed by atoms with E-state index in [1.54, 1.807) is 0 Å². The van der Waals surface area contributed by atoms with E-state index in [1.165, 1.54) is 17.7 Å². The topological polar surface area (TPSA) is 43.7 Å². The fraction of sp³-hybridized carbons (Fsp3) is 0.739. The molecule has 5 fully saturated rings. The van der Waals surface area contributed by atoms with Gasteiger partial charge in [0.05, 0.1) is 30.1 Å². The third-order valence-electron chi connectivity index (χ3n) is 9.73. The molecule has 0 amide bonds. The van der Waals surface area contributed by atoms with Crippen LogP contribution in [0, 0.1) is 17.8 Å². The zero-order valence-corrected chi connectivity index (χ0v) is 16.8. The van der Waals surface area contributed by atoms with Gasteiger partial charge in [0.2, 0.25) is 0 Å². The maximum atomic E-state index is 11.9. The first-order valence-electron chi connectivity index (χ1n) is 11.1. The van der Waals surface area contributed by atoms with E-state index in [1.807, 2.05) is 0 Å². The fourth-order valence-corrected chi connectivity index (χ4v) is 9.23. The number of aliphatic hydroxyl groups excluding tert-OH is 2. The molecule has 6 aliphatic rings. The average Bonchev–Trinajstić information content (AvgIpc) is 3.06. The van der Waals surface area contributed by atoms with E-state index in [0.29, 0.717) is 35.9 Å². The van der Waals surface area contributed by atoms with Crippen molar-refractivity contribution in [1.29, 1.82) is 0 Å². The minimum Gasteiger partial charge on any atom is -0.392 e. The summed E-state index contributed by atoms with van der Waals surface area (Å²) in [6, 6.07) is 9.97. The molecule has 5 bridgehead atoms. The molecule has 1 saturated carbocycles. The molecule has 27 heavy (non-hydrogen) atoms. The van der Waals surface area contributed by atoms with Crippen LogP contribution < -0.4 is 4.90 Å². The summed E-state index contributed by atoms with van der Waals surface area (Å²) in [5.41, 5.74) is 2.56. The van der Waals surface area contributed by atoms with E-state index in [2.05, 4.69) is 50.1 Å². The number of para-hydroxylation sites is 1. The van der Waals surface area contributed by atoms with Gasteiger partial charge in [-0.25, -0.2) is 0 Å². The van der Waals surface area contributed by atoms with E-state index in [-0.39, 0.29) is 17.7 Å². The number of benzene rings is 1. The molecule has 1 aliphatic carbocycles. The van der Waals surface area contributed by atoms with Crippen molar-refractivity contribution in [2.45, 2.75) is 75.4 Å². The van der Waals surface area contributed by atoms with E-state index >= 15 is 0 Å². The highest BCUT2D eigenvalue weighted by molar-refractivity contribution is 5.66. The third kappa shape index (κ3) is 1.51. The first-order chi connectivity index (χ1) is 13.0. The molecule has 4 heteroatoms. The van der Waals surface area contributed by atoms with Crippen LogP contribution >= 0.6 is 0 Å². The van der Waals surface area contributed by atoms with Crippen molar-refractivity contribution in [1.82, 2.24) is 0 Å². The molecule has 1 unspecified atom stereocenters. The van der Waals surface area contributed by atoms with Gasteiger partial charge in [-0.2, -0.15) is 0 Å². The van der Waals surface area contributed by atoms with Crippen molar-refractivity contribution < 1.29 is 14.7 Å². The summed E-state index contributed by atoms with van der Waals surface area (Å²) in [4.78, 5) is 2.48. The zero-order chi connectivity index (χ0) is 18.7. The molecule has 146 valence electrons. The molecular weight excluding hydrogens is 336 g/mol. The summed E-state index contributed by atoms with van der Waals surface area (Å²) in [7, 11) is 2.23. The number of piperidine rings is 4. The van der Waals surface area contributed by atoms with Crippen LogP contribution in [-0.4, -0.2) is 58.7 Å². The molecule has 5 aliphatic heterocycles. The van der Waals surface area contributed by atoms with Crippen molar-refractivity contribution in [3.63, 3.8) is 0 Å². The summed E-state index contributed by atoms with van der Waals surface area (Å²) < 4.78 is 0.873. The summed E-state index contributed by atoms with van der Waals surface area (Å²) in [6.07, 6.45) is 3.84. The average molecular weight is 370 g/mol. The van der Waals surface area contributed by atoms with E-state index in [9.17, 15) is 10.2 Å². The number of rotatable bonds is 3. The quantitative estimate of drug-likeness (QED) is 0.805. The van der Waals surface area contributed by atoms with E-state index < -0.39 is 0 Å². The van der Waals surface area contributed by atoms with Crippen LogP contribution in [0.1, 0.15) is 45.1 Å². The first-order valence-corrected chi connectivity index (χ1v) is 11.1. The highest BCUT2D eigenvalue weighted by Gasteiger charge is 2.82. The summed E-state index contributed by atoms with van der Waals surface area (Å²) >= 11 is 0. The molecule has 0 radical (unpaired) electrons. The Morgan fingerprint density at radius 2 is 1.96 bits per heavy atom. The SMILES string of the molecule is CCC[N+]12[C@@H](O)[C@@H](CC)[C@@H]3C[C@H]1[C@H]1N(C)c4ccccc4[C@]14C[C@H]2[C@@H]3[C@H]4O. The van der Waals surface area contributed by atoms with Crippen molar-refractivity contribution in [3.8, 4) is 0 Å². The number of aliphatic hydroxyl groups is 2. The number of quaternary nitrogens is 1. The Hall–Kier alpha value is -1.10. The van der Waals surface area contributed by atoms with Crippen LogP contribution in [0.25, 0.3) is 0 Å². The van der Waals surface area contributed by atoms with Gasteiger partial charge in [-0.1, -0.05) is 32.0 Å². The lowest BCUT2D eigenvalue weighted by molar-refractivity contribution is -1.04. The summed E-state index contributed by atoms with van der Waals surface area (Å²) in [6.45, 7) is 5.56. The van der Waals surface area contributed by atoms with Gasteiger partial charge in [-0.05, 0) is 30.4 Å². The van der Waals surface area contributed by atoms with Crippen LogP contribution in [0.5, 0.6) is 0 Å². The highest BCUT2D eigenvalue weighted by Crippen LogP contribution is 2.71. The normalized spacial score (nSPS) is 53.7. The maximum Gasteiger partial charge on any atom is 0.194 e. The van der Waals surface area contributed by atoms with E-state index in [4.69, 9.17) is 0 Å². The second-order valence-electron chi connectivity index (χ2n) is 10.1. The van der Waals surface area contributed by atoms with E-state index in [0.717, 1.165) is 30.3 Å². The van der Waals surface area contributed by atoms with Crippen molar-refractivity contribution >= 4 is 5.69 Å².